The zero-order chi connectivity index (χ0) is 14.1. The predicted octanol–water partition coefficient (Wildman–Crippen LogP) is 4.51. The van der Waals surface area contributed by atoms with E-state index in [-0.39, 0.29) is 0 Å². The van der Waals surface area contributed by atoms with Gasteiger partial charge in [-0.15, -0.1) is 0 Å². The first-order valence-electron chi connectivity index (χ1n) is 7.12. The van der Waals surface area contributed by atoms with Crippen LogP contribution in [0.25, 0.3) is 0 Å². The lowest BCUT2D eigenvalue weighted by molar-refractivity contribution is 0.0800. The maximum absolute atomic E-state index is 6.12. The molecule has 0 saturated heterocycles. The normalized spacial score (nSPS) is 12.4. The van der Waals surface area contributed by atoms with Gasteiger partial charge in [-0.1, -0.05) is 44.7 Å². The van der Waals surface area contributed by atoms with Gasteiger partial charge in [0.05, 0.1) is 17.3 Å². The van der Waals surface area contributed by atoms with E-state index in [0.717, 1.165) is 24.5 Å². The number of rotatable bonds is 9. The molecule has 4 heteroatoms. The minimum Gasteiger partial charge on any atom is -0.375 e. The molecule has 0 aliphatic carbocycles. The number of hydrogen-bond donors (Lipinski definition) is 1. The quantitative estimate of drug-likeness (QED) is 0.724. The number of halogens is 1. The van der Waals surface area contributed by atoms with Gasteiger partial charge in [0, 0.05) is 13.7 Å². The minimum atomic E-state index is 0.483. The first kappa shape index (κ1) is 16.3. The van der Waals surface area contributed by atoms with Crippen LogP contribution in [-0.4, -0.2) is 18.6 Å². The highest BCUT2D eigenvalue weighted by atomic mass is 35.5. The Hall–Kier alpha value is -0.800. The lowest BCUT2D eigenvalue weighted by Gasteiger charge is -2.15. The summed E-state index contributed by atoms with van der Waals surface area (Å²) in [4.78, 5) is 4.41. The molecule has 1 aromatic rings. The first-order valence-corrected chi connectivity index (χ1v) is 7.49. The largest absolute Gasteiger partial charge is 0.375 e. The second-order valence-electron chi connectivity index (χ2n) is 4.81. The molecule has 19 heavy (non-hydrogen) atoms. The molecule has 3 nitrogen and oxygen atoms in total. The molecule has 1 N–H and O–H groups in total. The molecule has 0 spiro atoms. The highest BCUT2D eigenvalue weighted by Gasteiger charge is 2.08. The van der Waals surface area contributed by atoms with Gasteiger partial charge in [-0.3, -0.25) is 0 Å². The van der Waals surface area contributed by atoms with Crippen LogP contribution in [0.15, 0.2) is 12.1 Å². The Balaban J connectivity index is 2.43. The molecule has 1 aromatic heterocycles. The van der Waals surface area contributed by atoms with Crippen molar-refractivity contribution in [1.82, 2.24) is 4.98 Å². The summed E-state index contributed by atoms with van der Waals surface area (Å²) >= 11 is 6.12. The number of ether oxygens (including phenoxy) is 1. The summed E-state index contributed by atoms with van der Waals surface area (Å²) in [7, 11) is 1.85. The lowest BCUT2D eigenvalue weighted by Crippen LogP contribution is -2.10. The highest BCUT2D eigenvalue weighted by Crippen LogP contribution is 2.19. The zero-order valence-corrected chi connectivity index (χ0v) is 13.0. The SMILES string of the molecule is CCCCC(CC)COCc1nc(NC)ccc1Cl. The Morgan fingerprint density at radius 2 is 2.16 bits per heavy atom. The van der Waals surface area contributed by atoms with Crippen molar-refractivity contribution in [3.8, 4) is 0 Å². The fraction of sp³-hybridized carbons (Fsp3) is 0.667. The number of anilines is 1. The summed E-state index contributed by atoms with van der Waals surface area (Å²) in [6.07, 6.45) is 4.92. The van der Waals surface area contributed by atoms with E-state index in [1.54, 1.807) is 0 Å². The zero-order valence-electron chi connectivity index (χ0n) is 12.2. The summed E-state index contributed by atoms with van der Waals surface area (Å²) in [6.45, 7) is 5.71. The van der Waals surface area contributed by atoms with Crippen molar-refractivity contribution in [1.29, 1.82) is 0 Å². The van der Waals surface area contributed by atoms with E-state index in [2.05, 4.69) is 24.1 Å². The van der Waals surface area contributed by atoms with Crippen molar-refractivity contribution in [2.24, 2.45) is 5.92 Å². The standard InChI is InChI=1S/C15H25ClN2O/c1-4-6-7-12(5-2)10-19-11-14-13(16)8-9-15(17-3)18-14/h8-9,12H,4-7,10-11H2,1-3H3,(H,17,18). The van der Waals surface area contributed by atoms with Crippen molar-refractivity contribution in [3.05, 3.63) is 22.8 Å². The summed E-state index contributed by atoms with van der Waals surface area (Å²) in [5, 5.41) is 3.67. The van der Waals surface area contributed by atoms with Crippen molar-refractivity contribution < 1.29 is 4.74 Å². The average Bonchev–Trinajstić information content (AvgIpc) is 2.44. The fourth-order valence-electron chi connectivity index (χ4n) is 1.95. The number of unbranched alkanes of at least 4 members (excludes halogenated alkanes) is 1. The molecule has 1 unspecified atom stereocenters. The van der Waals surface area contributed by atoms with E-state index in [9.17, 15) is 0 Å². The van der Waals surface area contributed by atoms with Crippen LogP contribution in [0.5, 0.6) is 0 Å². The molecule has 0 fully saturated rings. The minimum absolute atomic E-state index is 0.483. The van der Waals surface area contributed by atoms with E-state index in [1.807, 2.05) is 19.2 Å². The molecule has 1 atom stereocenters. The van der Waals surface area contributed by atoms with Crippen LogP contribution in [0.4, 0.5) is 5.82 Å². The molecule has 0 aliphatic rings. The van der Waals surface area contributed by atoms with Gasteiger partial charge < -0.3 is 10.1 Å². The van der Waals surface area contributed by atoms with Crippen LogP contribution in [0.3, 0.4) is 0 Å². The first-order chi connectivity index (χ1) is 9.21. The van der Waals surface area contributed by atoms with Gasteiger partial charge in [-0.25, -0.2) is 4.98 Å². The smallest absolute Gasteiger partial charge is 0.126 e. The van der Waals surface area contributed by atoms with E-state index in [0.29, 0.717) is 17.5 Å². The Kier molecular flexibility index (Phi) is 7.84. The van der Waals surface area contributed by atoms with Crippen molar-refractivity contribution in [2.75, 3.05) is 19.0 Å². The van der Waals surface area contributed by atoms with Crippen molar-refractivity contribution >= 4 is 17.4 Å². The average molecular weight is 285 g/mol. The monoisotopic (exact) mass is 284 g/mol. The lowest BCUT2D eigenvalue weighted by atomic mass is 10.0. The Labute approximate surface area is 121 Å². The van der Waals surface area contributed by atoms with E-state index >= 15 is 0 Å². The third-order valence-corrected chi connectivity index (χ3v) is 3.65. The molecule has 108 valence electrons. The Morgan fingerprint density at radius 1 is 1.37 bits per heavy atom. The molecule has 0 aliphatic heterocycles. The van der Waals surface area contributed by atoms with Crippen LogP contribution >= 0.6 is 11.6 Å². The second-order valence-corrected chi connectivity index (χ2v) is 5.21. The Bertz CT molecular complexity index is 371. The van der Waals surface area contributed by atoms with Gasteiger partial charge in [0.25, 0.3) is 0 Å². The van der Waals surface area contributed by atoms with Gasteiger partial charge in [-0.2, -0.15) is 0 Å². The maximum Gasteiger partial charge on any atom is 0.126 e. The number of aromatic nitrogens is 1. The predicted molar refractivity (Wildman–Crippen MR) is 81.8 cm³/mol. The van der Waals surface area contributed by atoms with Gasteiger partial charge in [-0.05, 0) is 24.5 Å². The van der Waals surface area contributed by atoms with Gasteiger partial charge in [0.15, 0.2) is 0 Å². The van der Waals surface area contributed by atoms with Crippen molar-refractivity contribution in [3.63, 3.8) is 0 Å². The third kappa shape index (κ3) is 5.79. The second kappa shape index (κ2) is 9.16. The maximum atomic E-state index is 6.12. The molecule has 0 bridgehead atoms. The summed E-state index contributed by atoms with van der Waals surface area (Å²) in [6, 6.07) is 3.72. The van der Waals surface area contributed by atoms with Crippen LogP contribution in [0.2, 0.25) is 5.02 Å². The van der Waals surface area contributed by atoms with E-state index in [4.69, 9.17) is 16.3 Å². The van der Waals surface area contributed by atoms with Crippen LogP contribution in [-0.2, 0) is 11.3 Å². The van der Waals surface area contributed by atoms with Gasteiger partial charge >= 0.3 is 0 Å². The third-order valence-electron chi connectivity index (χ3n) is 3.31. The molecule has 0 amide bonds. The number of nitrogens with zero attached hydrogens (tertiary/aromatic N) is 1. The highest BCUT2D eigenvalue weighted by molar-refractivity contribution is 6.31. The van der Waals surface area contributed by atoms with E-state index < -0.39 is 0 Å². The Morgan fingerprint density at radius 3 is 2.79 bits per heavy atom. The summed E-state index contributed by atoms with van der Waals surface area (Å²) in [5.74, 6) is 1.47. The van der Waals surface area contributed by atoms with Crippen LogP contribution < -0.4 is 5.32 Å². The summed E-state index contributed by atoms with van der Waals surface area (Å²) in [5.41, 5.74) is 0.805. The van der Waals surface area contributed by atoms with Crippen LogP contribution in [0.1, 0.15) is 45.2 Å². The molecule has 0 aromatic carbocycles. The van der Waals surface area contributed by atoms with Crippen LogP contribution in [0, 0.1) is 5.92 Å². The molecule has 1 rings (SSSR count). The number of hydrogen-bond acceptors (Lipinski definition) is 3. The number of nitrogens with one attached hydrogen (secondary N) is 1. The van der Waals surface area contributed by atoms with Gasteiger partial charge in [0.2, 0.25) is 0 Å². The van der Waals surface area contributed by atoms with E-state index in [1.165, 1.54) is 19.3 Å². The molecule has 1 heterocycles. The molecular weight excluding hydrogens is 260 g/mol. The fourth-order valence-corrected chi connectivity index (χ4v) is 2.10. The molecular formula is C15H25ClN2O. The summed E-state index contributed by atoms with van der Waals surface area (Å²) < 4.78 is 5.78. The molecule has 0 radical (unpaired) electrons. The molecule has 0 saturated carbocycles. The topological polar surface area (TPSA) is 34.1 Å². The van der Waals surface area contributed by atoms with Crippen molar-refractivity contribution in [2.45, 2.75) is 46.1 Å². The number of pyridine rings is 1. The van der Waals surface area contributed by atoms with Gasteiger partial charge in [0.1, 0.15) is 5.82 Å².